The minimum Gasteiger partial charge on any atom is -0.493 e. The number of nitrogens with one attached hydrogen (secondary N) is 1. The molecule has 0 heterocycles. The predicted molar refractivity (Wildman–Crippen MR) is 116 cm³/mol. The van der Waals surface area contributed by atoms with Crippen LogP contribution in [0, 0.1) is 6.92 Å². The van der Waals surface area contributed by atoms with Gasteiger partial charge in [-0.1, -0.05) is 50.2 Å². The summed E-state index contributed by atoms with van der Waals surface area (Å²) in [4.78, 5) is 24.7. The highest BCUT2D eigenvalue weighted by atomic mass is 16.5. The van der Waals surface area contributed by atoms with E-state index in [9.17, 15) is 9.59 Å². The highest BCUT2D eigenvalue weighted by molar-refractivity contribution is 5.97. The first kappa shape index (κ1) is 22.2. The van der Waals surface area contributed by atoms with Gasteiger partial charge in [-0.05, 0) is 50.0 Å². The molecule has 1 atom stereocenters. The summed E-state index contributed by atoms with van der Waals surface area (Å²) in [5.74, 6) is -0.00695. The molecule has 0 saturated heterocycles. The van der Waals surface area contributed by atoms with E-state index in [-0.39, 0.29) is 11.8 Å². The van der Waals surface area contributed by atoms with Crippen LogP contribution >= 0.6 is 0 Å². The molecule has 5 nitrogen and oxygen atoms in total. The third kappa shape index (κ3) is 6.21. The molecule has 2 rings (SSSR count). The Hall–Kier alpha value is -3.08. The molecule has 0 fully saturated rings. The number of esters is 1. The monoisotopic (exact) mass is 395 g/mol. The Balaban J connectivity index is 2.03. The number of hydrogen-bond acceptors (Lipinski definition) is 4. The van der Waals surface area contributed by atoms with E-state index in [1.807, 2.05) is 56.3 Å². The van der Waals surface area contributed by atoms with E-state index in [1.54, 1.807) is 13.0 Å². The molecule has 0 aliphatic rings. The van der Waals surface area contributed by atoms with Crippen molar-refractivity contribution in [1.29, 1.82) is 0 Å². The smallest absolute Gasteiger partial charge is 0.331 e. The molecule has 0 radical (unpaired) electrons. The molecular weight excluding hydrogens is 366 g/mol. The number of hydrogen-bond donors (Lipinski definition) is 1. The molecule has 2 aromatic carbocycles. The summed E-state index contributed by atoms with van der Waals surface area (Å²) in [6.45, 7) is 10.1. The van der Waals surface area contributed by atoms with Gasteiger partial charge in [-0.25, -0.2) is 4.79 Å². The van der Waals surface area contributed by atoms with Gasteiger partial charge in [0.25, 0.3) is 5.91 Å². The van der Waals surface area contributed by atoms with Crippen LogP contribution in [-0.2, 0) is 14.3 Å². The molecule has 1 N–H and O–H groups in total. The number of ether oxygens (including phenoxy) is 2. The standard InChI is InChI=1S/C24H29NO4/c1-6-28-21-13-8-7-11-19(21)14-15-22(26)29-18(5)24(27)25-23-17(4)10-9-12-20(23)16(2)3/h7-16,18H,6H2,1-5H3,(H,25,27)/b15-14+/t18-/m1/s1. The van der Waals surface area contributed by atoms with Gasteiger partial charge in [0.1, 0.15) is 5.75 Å². The largest absolute Gasteiger partial charge is 0.493 e. The number of carbonyl (C=O) groups excluding carboxylic acids is 2. The summed E-state index contributed by atoms with van der Waals surface area (Å²) in [6.07, 6.45) is 2.00. The number of para-hydroxylation sites is 2. The molecule has 0 aromatic heterocycles. The second-order valence-electron chi connectivity index (χ2n) is 7.07. The fraction of sp³-hybridized carbons (Fsp3) is 0.333. The zero-order chi connectivity index (χ0) is 21.4. The van der Waals surface area contributed by atoms with Crippen molar-refractivity contribution >= 4 is 23.6 Å². The highest BCUT2D eigenvalue weighted by Gasteiger charge is 2.19. The third-order valence-corrected chi connectivity index (χ3v) is 4.46. The minimum absolute atomic E-state index is 0.261. The minimum atomic E-state index is -0.922. The lowest BCUT2D eigenvalue weighted by atomic mass is 9.98. The van der Waals surface area contributed by atoms with Gasteiger partial charge in [0, 0.05) is 17.3 Å². The number of aryl methyl sites for hydroxylation is 1. The number of anilines is 1. The molecule has 0 bridgehead atoms. The van der Waals surface area contributed by atoms with Crippen LogP contribution in [0.2, 0.25) is 0 Å². The number of carbonyl (C=O) groups is 2. The third-order valence-electron chi connectivity index (χ3n) is 4.46. The van der Waals surface area contributed by atoms with Gasteiger partial charge in [0.2, 0.25) is 0 Å². The van der Waals surface area contributed by atoms with Crippen LogP contribution in [0.5, 0.6) is 5.75 Å². The highest BCUT2D eigenvalue weighted by Crippen LogP contribution is 2.27. The lowest BCUT2D eigenvalue weighted by Crippen LogP contribution is -2.30. The molecule has 0 spiro atoms. The van der Waals surface area contributed by atoms with Crippen LogP contribution in [0.25, 0.3) is 6.08 Å². The van der Waals surface area contributed by atoms with Crippen molar-refractivity contribution in [3.8, 4) is 5.75 Å². The van der Waals surface area contributed by atoms with Crippen molar-refractivity contribution in [2.75, 3.05) is 11.9 Å². The maximum Gasteiger partial charge on any atom is 0.331 e. The first-order valence-corrected chi connectivity index (χ1v) is 9.84. The molecule has 29 heavy (non-hydrogen) atoms. The van der Waals surface area contributed by atoms with Crippen molar-refractivity contribution in [2.45, 2.75) is 46.6 Å². The molecule has 2 aromatic rings. The van der Waals surface area contributed by atoms with Crippen LogP contribution in [-0.4, -0.2) is 24.6 Å². The molecule has 0 unspecified atom stereocenters. The molecule has 5 heteroatoms. The zero-order valence-electron chi connectivity index (χ0n) is 17.7. The Bertz CT molecular complexity index is 886. The molecule has 154 valence electrons. The topological polar surface area (TPSA) is 64.6 Å². The number of benzene rings is 2. The van der Waals surface area contributed by atoms with Crippen LogP contribution in [0.4, 0.5) is 5.69 Å². The lowest BCUT2D eigenvalue weighted by Gasteiger charge is -2.18. The molecule has 1 amide bonds. The average molecular weight is 395 g/mol. The maximum atomic E-state index is 12.6. The zero-order valence-corrected chi connectivity index (χ0v) is 17.7. The van der Waals surface area contributed by atoms with Gasteiger partial charge in [-0.15, -0.1) is 0 Å². The van der Waals surface area contributed by atoms with E-state index < -0.39 is 12.1 Å². The van der Waals surface area contributed by atoms with Crippen molar-refractivity contribution in [2.24, 2.45) is 0 Å². The summed E-state index contributed by atoms with van der Waals surface area (Å²) in [6, 6.07) is 13.3. The number of rotatable bonds is 8. The summed E-state index contributed by atoms with van der Waals surface area (Å²) in [5.41, 5.74) is 3.56. The van der Waals surface area contributed by atoms with Gasteiger partial charge < -0.3 is 14.8 Å². The van der Waals surface area contributed by atoms with Crippen molar-refractivity contribution in [3.05, 3.63) is 65.2 Å². The normalized spacial score (nSPS) is 12.1. The first-order chi connectivity index (χ1) is 13.8. The van der Waals surface area contributed by atoms with Crippen LogP contribution < -0.4 is 10.1 Å². The Morgan fingerprint density at radius 1 is 1.07 bits per heavy atom. The van der Waals surface area contributed by atoms with E-state index in [0.29, 0.717) is 12.4 Å². The lowest BCUT2D eigenvalue weighted by molar-refractivity contribution is -0.148. The van der Waals surface area contributed by atoms with Gasteiger partial charge >= 0.3 is 5.97 Å². The van der Waals surface area contributed by atoms with E-state index >= 15 is 0 Å². The second kappa shape index (κ2) is 10.5. The first-order valence-electron chi connectivity index (χ1n) is 9.84. The van der Waals surface area contributed by atoms with E-state index in [0.717, 1.165) is 22.4 Å². The van der Waals surface area contributed by atoms with E-state index in [2.05, 4.69) is 19.2 Å². The molecular formula is C24H29NO4. The van der Waals surface area contributed by atoms with Crippen molar-refractivity contribution in [1.82, 2.24) is 0 Å². The van der Waals surface area contributed by atoms with Crippen molar-refractivity contribution < 1.29 is 19.1 Å². The van der Waals surface area contributed by atoms with Gasteiger partial charge in [0.05, 0.1) is 6.61 Å². The fourth-order valence-corrected chi connectivity index (χ4v) is 2.90. The van der Waals surface area contributed by atoms with Gasteiger partial charge in [0.15, 0.2) is 6.10 Å². The summed E-state index contributed by atoms with van der Waals surface area (Å²) >= 11 is 0. The SMILES string of the molecule is CCOc1ccccc1/C=C/C(=O)O[C@H](C)C(=O)Nc1c(C)cccc1C(C)C. The van der Waals surface area contributed by atoms with Gasteiger partial charge in [-0.3, -0.25) is 4.79 Å². The summed E-state index contributed by atoms with van der Waals surface area (Å²) in [5, 5.41) is 2.90. The number of amides is 1. The van der Waals surface area contributed by atoms with Crippen LogP contribution in [0.3, 0.4) is 0 Å². The van der Waals surface area contributed by atoms with Crippen LogP contribution in [0.15, 0.2) is 48.5 Å². The predicted octanol–water partition coefficient (Wildman–Crippen LogP) is 5.10. The fourth-order valence-electron chi connectivity index (χ4n) is 2.90. The molecule has 0 saturated carbocycles. The quantitative estimate of drug-likeness (QED) is 0.499. The van der Waals surface area contributed by atoms with E-state index in [4.69, 9.17) is 9.47 Å². The average Bonchev–Trinajstić information content (AvgIpc) is 2.68. The molecule has 0 aliphatic heterocycles. The summed E-state index contributed by atoms with van der Waals surface area (Å²) < 4.78 is 10.8. The second-order valence-corrected chi connectivity index (χ2v) is 7.07. The van der Waals surface area contributed by atoms with E-state index in [1.165, 1.54) is 6.08 Å². The maximum absolute atomic E-state index is 12.6. The van der Waals surface area contributed by atoms with Crippen LogP contribution in [0.1, 0.15) is 50.3 Å². The Morgan fingerprint density at radius 3 is 2.48 bits per heavy atom. The van der Waals surface area contributed by atoms with Gasteiger partial charge in [-0.2, -0.15) is 0 Å². The Labute approximate surface area is 172 Å². The Morgan fingerprint density at radius 2 is 1.79 bits per heavy atom. The molecule has 0 aliphatic carbocycles. The Kier molecular flexibility index (Phi) is 8.01. The van der Waals surface area contributed by atoms with Crippen molar-refractivity contribution in [3.63, 3.8) is 0 Å². The summed E-state index contributed by atoms with van der Waals surface area (Å²) in [7, 11) is 0.